The molecule has 1 rings (SSSR count). The Bertz CT molecular complexity index is 447. The van der Waals surface area contributed by atoms with Crippen molar-refractivity contribution in [2.75, 3.05) is 6.61 Å². The molecule has 0 spiro atoms. The monoisotopic (exact) mass is 297 g/mol. The number of aliphatic hydroxyl groups is 1. The third-order valence-electron chi connectivity index (χ3n) is 2.52. The molecule has 0 aliphatic heterocycles. The quantitative estimate of drug-likeness (QED) is 0.816. The van der Waals surface area contributed by atoms with Gasteiger partial charge in [-0.2, -0.15) is 22.0 Å². The third-order valence-corrected chi connectivity index (χ3v) is 2.52. The van der Waals surface area contributed by atoms with Crippen molar-refractivity contribution in [3.05, 3.63) is 35.9 Å². The largest absolute Gasteiger partial charge is 0.463 e. The summed E-state index contributed by atoms with van der Waals surface area (Å²) in [6.07, 6.45) is -6.03. The molecular formula is C12H12F5NO2. The van der Waals surface area contributed by atoms with Gasteiger partial charge in [0.1, 0.15) is 0 Å². The number of amides is 1. The van der Waals surface area contributed by atoms with Crippen LogP contribution in [0.3, 0.4) is 0 Å². The minimum atomic E-state index is -5.97. The lowest BCUT2D eigenvalue weighted by Crippen LogP contribution is -2.54. The minimum absolute atomic E-state index is 0.0585. The zero-order valence-electron chi connectivity index (χ0n) is 10.1. The molecule has 20 heavy (non-hydrogen) atoms. The standard InChI is InChI=1S/C12H12F5NO2/c13-11(14,12(15,16)17)10(20)18-9(7-19)6-8-4-2-1-3-5-8/h1-5,9,19H,6-7H2,(H,18,20)/t9-/m0/s1. The van der Waals surface area contributed by atoms with E-state index in [9.17, 15) is 26.7 Å². The third kappa shape index (κ3) is 3.89. The highest BCUT2D eigenvalue weighted by atomic mass is 19.4. The number of aliphatic hydroxyl groups excluding tert-OH is 1. The Morgan fingerprint density at radius 3 is 2.15 bits per heavy atom. The van der Waals surface area contributed by atoms with E-state index in [0.29, 0.717) is 5.56 Å². The molecule has 1 aromatic carbocycles. The van der Waals surface area contributed by atoms with Gasteiger partial charge in [0.25, 0.3) is 0 Å². The molecule has 112 valence electrons. The first-order valence-electron chi connectivity index (χ1n) is 5.58. The first kappa shape index (κ1) is 16.4. The molecule has 2 N–H and O–H groups in total. The van der Waals surface area contributed by atoms with Crippen molar-refractivity contribution in [2.24, 2.45) is 0 Å². The molecule has 0 aliphatic rings. The summed E-state index contributed by atoms with van der Waals surface area (Å²) >= 11 is 0. The maximum atomic E-state index is 12.7. The maximum Gasteiger partial charge on any atom is 0.463 e. The summed E-state index contributed by atoms with van der Waals surface area (Å²) in [6, 6.07) is 6.92. The lowest BCUT2D eigenvalue weighted by Gasteiger charge is -2.22. The number of hydrogen-bond acceptors (Lipinski definition) is 2. The Hall–Kier alpha value is -1.70. The van der Waals surface area contributed by atoms with E-state index in [4.69, 9.17) is 5.11 Å². The summed E-state index contributed by atoms with van der Waals surface area (Å²) in [5, 5.41) is 10.5. The fourth-order valence-corrected chi connectivity index (χ4v) is 1.46. The maximum absolute atomic E-state index is 12.7. The van der Waals surface area contributed by atoms with Gasteiger partial charge in [0.2, 0.25) is 0 Å². The second-order valence-corrected chi connectivity index (χ2v) is 4.11. The van der Waals surface area contributed by atoms with Crippen LogP contribution in [0.15, 0.2) is 30.3 Å². The molecule has 1 amide bonds. The lowest BCUT2D eigenvalue weighted by molar-refractivity contribution is -0.270. The van der Waals surface area contributed by atoms with Gasteiger partial charge in [-0.15, -0.1) is 0 Å². The molecule has 0 saturated carbocycles. The van der Waals surface area contributed by atoms with Gasteiger partial charge < -0.3 is 10.4 Å². The number of hydrogen-bond donors (Lipinski definition) is 2. The molecule has 0 aromatic heterocycles. The van der Waals surface area contributed by atoms with Crippen LogP contribution in [-0.4, -0.2) is 35.8 Å². The molecule has 0 heterocycles. The van der Waals surface area contributed by atoms with Gasteiger partial charge in [0, 0.05) is 0 Å². The highest BCUT2D eigenvalue weighted by Crippen LogP contribution is 2.35. The minimum Gasteiger partial charge on any atom is -0.394 e. The Balaban J connectivity index is 2.72. The normalized spacial score (nSPS) is 13.9. The zero-order chi connectivity index (χ0) is 15.4. The summed E-state index contributed by atoms with van der Waals surface area (Å²) in [4.78, 5) is 11.0. The van der Waals surface area contributed by atoms with Crippen molar-refractivity contribution in [2.45, 2.75) is 24.6 Å². The molecule has 3 nitrogen and oxygen atoms in total. The average Bonchev–Trinajstić information content (AvgIpc) is 2.37. The van der Waals surface area contributed by atoms with Crippen LogP contribution in [0.5, 0.6) is 0 Å². The van der Waals surface area contributed by atoms with E-state index in [0.717, 1.165) is 0 Å². The number of carbonyl (C=O) groups excluding carboxylic acids is 1. The fourth-order valence-electron chi connectivity index (χ4n) is 1.46. The van der Waals surface area contributed by atoms with Gasteiger partial charge in [-0.05, 0) is 12.0 Å². The van der Waals surface area contributed by atoms with Crippen LogP contribution in [0.25, 0.3) is 0 Å². The number of nitrogens with one attached hydrogen (secondary N) is 1. The van der Waals surface area contributed by atoms with Gasteiger partial charge >= 0.3 is 18.0 Å². The smallest absolute Gasteiger partial charge is 0.394 e. The summed E-state index contributed by atoms with van der Waals surface area (Å²) in [7, 11) is 0. The fraction of sp³-hybridized carbons (Fsp3) is 0.417. The number of carbonyl (C=O) groups is 1. The lowest BCUT2D eigenvalue weighted by atomic mass is 10.1. The van der Waals surface area contributed by atoms with E-state index < -0.39 is 30.7 Å². The van der Waals surface area contributed by atoms with Crippen molar-refractivity contribution in [1.82, 2.24) is 5.32 Å². The Kier molecular flexibility index (Phi) is 5.04. The molecule has 1 atom stereocenters. The summed E-state index contributed by atoms with van der Waals surface area (Å²) < 4.78 is 61.5. The molecule has 0 bridgehead atoms. The zero-order valence-corrected chi connectivity index (χ0v) is 10.1. The predicted molar refractivity (Wildman–Crippen MR) is 60.2 cm³/mol. The number of halogens is 5. The molecular weight excluding hydrogens is 285 g/mol. The molecule has 0 unspecified atom stereocenters. The van der Waals surface area contributed by atoms with Gasteiger partial charge in [0.15, 0.2) is 0 Å². The topological polar surface area (TPSA) is 49.3 Å². The molecule has 8 heteroatoms. The SMILES string of the molecule is O=C(N[C@H](CO)Cc1ccccc1)C(F)(F)C(F)(F)F. The average molecular weight is 297 g/mol. The molecule has 0 radical (unpaired) electrons. The number of rotatable bonds is 5. The second kappa shape index (κ2) is 6.17. The van der Waals surface area contributed by atoms with Crippen LogP contribution in [0.2, 0.25) is 0 Å². The number of alkyl halides is 5. The highest BCUT2D eigenvalue weighted by Gasteiger charge is 2.63. The van der Waals surface area contributed by atoms with Crippen LogP contribution in [0.1, 0.15) is 5.56 Å². The summed E-state index contributed by atoms with van der Waals surface area (Å²) in [5.74, 6) is -7.96. The highest BCUT2D eigenvalue weighted by molar-refractivity contribution is 5.84. The van der Waals surface area contributed by atoms with Gasteiger partial charge in [-0.25, -0.2) is 0 Å². The predicted octanol–water partition coefficient (Wildman–Crippen LogP) is 1.90. The molecule has 0 aliphatic carbocycles. The Labute approximate surface area is 111 Å². The van der Waals surface area contributed by atoms with E-state index in [1.807, 2.05) is 0 Å². The van der Waals surface area contributed by atoms with Crippen molar-refractivity contribution in [1.29, 1.82) is 0 Å². The molecule has 0 fully saturated rings. The van der Waals surface area contributed by atoms with Crippen LogP contribution < -0.4 is 5.32 Å². The van der Waals surface area contributed by atoms with Crippen LogP contribution in [0, 0.1) is 0 Å². The van der Waals surface area contributed by atoms with E-state index in [1.54, 1.807) is 30.3 Å². The Morgan fingerprint density at radius 1 is 1.15 bits per heavy atom. The second-order valence-electron chi connectivity index (χ2n) is 4.11. The first-order valence-corrected chi connectivity index (χ1v) is 5.58. The van der Waals surface area contributed by atoms with Crippen LogP contribution in [0.4, 0.5) is 22.0 Å². The van der Waals surface area contributed by atoms with Crippen molar-refractivity contribution < 1.29 is 31.9 Å². The Morgan fingerprint density at radius 2 is 1.70 bits per heavy atom. The van der Waals surface area contributed by atoms with E-state index >= 15 is 0 Å². The van der Waals surface area contributed by atoms with Crippen molar-refractivity contribution >= 4 is 5.91 Å². The van der Waals surface area contributed by atoms with E-state index in [1.165, 1.54) is 5.32 Å². The van der Waals surface area contributed by atoms with E-state index in [-0.39, 0.29) is 6.42 Å². The first-order chi connectivity index (χ1) is 9.18. The summed E-state index contributed by atoms with van der Waals surface area (Å²) in [5.41, 5.74) is 0.585. The van der Waals surface area contributed by atoms with Gasteiger partial charge in [-0.3, -0.25) is 4.79 Å². The van der Waals surface area contributed by atoms with Crippen molar-refractivity contribution in [3.63, 3.8) is 0 Å². The molecule has 1 aromatic rings. The summed E-state index contributed by atoms with van der Waals surface area (Å²) in [6.45, 7) is -0.755. The molecule has 0 saturated heterocycles. The van der Waals surface area contributed by atoms with E-state index in [2.05, 4.69) is 0 Å². The van der Waals surface area contributed by atoms with Crippen LogP contribution in [-0.2, 0) is 11.2 Å². The van der Waals surface area contributed by atoms with Gasteiger partial charge in [0.05, 0.1) is 12.6 Å². The van der Waals surface area contributed by atoms with Crippen LogP contribution >= 0.6 is 0 Å². The van der Waals surface area contributed by atoms with Gasteiger partial charge in [-0.1, -0.05) is 30.3 Å². The van der Waals surface area contributed by atoms with Crippen molar-refractivity contribution in [3.8, 4) is 0 Å². The number of benzene rings is 1.